The minimum absolute atomic E-state index is 0.0431. The van der Waals surface area contributed by atoms with Crippen LogP contribution in [0.1, 0.15) is 22.6 Å². The zero-order valence-electron chi connectivity index (χ0n) is 15.6. The Balaban J connectivity index is 2.25. The quantitative estimate of drug-likeness (QED) is 0.367. The first kappa shape index (κ1) is 21.0. The molecule has 144 valence electrons. The molecular weight excluding hydrogens is 367 g/mol. The molecule has 0 aliphatic rings. The molecule has 0 bridgehead atoms. The number of rotatable bonds is 9. The molecular formula is C20H23O6P. The van der Waals surface area contributed by atoms with Crippen LogP contribution in [0.2, 0.25) is 0 Å². The lowest BCUT2D eigenvalue weighted by Gasteiger charge is -2.19. The number of carbonyl (C=O) groups is 2. The predicted octanol–water partition coefficient (Wildman–Crippen LogP) is 3.88. The van der Waals surface area contributed by atoms with Crippen molar-refractivity contribution >= 4 is 19.3 Å². The monoisotopic (exact) mass is 390 g/mol. The van der Waals surface area contributed by atoms with E-state index in [4.69, 9.17) is 13.8 Å². The van der Waals surface area contributed by atoms with E-state index in [1.165, 1.54) is 14.2 Å². The first-order chi connectivity index (χ1) is 12.9. The van der Waals surface area contributed by atoms with Gasteiger partial charge in [0.1, 0.15) is 18.7 Å². The molecule has 0 aliphatic heterocycles. The second-order valence-corrected chi connectivity index (χ2v) is 8.31. The van der Waals surface area contributed by atoms with Crippen LogP contribution in [0, 0.1) is 6.92 Å². The third kappa shape index (κ3) is 5.86. The van der Waals surface area contributed by atoms with E-state index in [9.17, 15) is 14.2 Å². The summed E-state index contributed by atoms with van der Waals surface area (Å²) in [4.78, 5) is 25.5. The molecule has 2 aromatic carbocycles. The molecule has 2 aromatic rings. The number of Topliss-reactive ketones (excluding diaryl/α,β-unsaturated/α-hetero) is 1. The average Bonchev–Trinajstić information content (AvgIpc) is 2.67. The minimum Gasteiger partial charge on any atom is -0.460 e. The number of carbonyl (C=O) groups excluding carboxylic acids is 2. The summed E-state index contributed by atoms with van der Waals surface area (Å²) in [6.07, 6.45) is -0.515. The molecule has 0 heterocycles. The number of ether oxygens (including phenoxy) is 1. The highest BCUT2D eigenvalue weighted by Gasteiger charge is 2.36. The van der Waals surface area contributed by atoms with Crippen LogP contribution in [0.4, 0.5) is 0 Å². The van der Waals surface area contributed by atoms with Crippen LogP contribution in [-0.4, -0.2) is 32.1 Å². The molecule has 27 heavy (non-hydrogen) atoms. The van der Waals surface area contributed by atoms with Crippen molar-refractivity contribution in [2.45, 2.75) is 19.4 Å². The largest absolute Gasteiger partial charge is 0.460 e. The van der Waals surface area contributed by atoms with E-state index in [-0.39, 0.29) is 6.61 Å². The van der Waals surface area contributed by atoms with Crippen LogP contribution >= 0.6 is 7.60 Å². The zero-order chi connectivity index (χ0) is 19.9. The van der Waals surface area contributed by atoms with Crippen LogP contribution in [0.15, 0.2) is 54.6 Å². The fourth-order valence-electron chi connectivity index (χ4n) is 2.60. The summed E-state index contributed by atoms with van der Waals surface area (Å²) in [5, 5.41) is 0. The van der Waals surface area contributed by atoms with Crippen LogP contribution < -0.4 is 0 Å². The number of hydrogen-bond acceptors (Lipinski definition) is 6. The van der Waals surface area contributed by atoms with E-state index in [2.05, 4.69) is 0 Å². The van der Waals surface area contributed by atoms with Crippen LogP contribution in [0.3, 0.4) is 0 Å². The van der Waals surface area contributed by atoms with E-state index in [1.807, 2.05) is 43.3 Å². The van der Waals surface area contributed by atoms with E-state index in [0.29, 0.717) is 5.56 Å². The van der Waals surface area contributed by atoms with Gasteiger partial charge in [-0.25, -0.2) is 0 Å². The summed E-state index contributed by atoms with van der Waals surface area (Å²) < 4.78 is 27.4. The molecule has 7 heteroatoms. The highest BCUT2D eigenvalue weighted by molar-refractivity contribution is 7.54. The molecule has 1 atom stereocenters. The Morgan fingerprint density at radius 1 is 1.00 bits per heavy atom. The number of benzene rings is 2. The van der Waals surface area contributed by atoms with Gasteiger partial charge in [-0.1, -0.05) is 60.2 Å². The fraction of sp³-hybridized carbons (Fsp3) is 0.300. The Hall–Kier alpha value is -2.27. The van der Waals surface area contributed by atoms with Crippen molar-refractivity contribution in [3.8, 4) is 0 Å². The first-order valence-corrected chi connectivity index (χ1v) is 10.1. The molecule has 0 radical (unpaired) electrons. The maximum atomic E-state index is 12.8. The van der Waals surface area contributed by atoms with E-state index < -0.39 is 31.4 Å². The maximum Gasteiger partial charge on any atom is 0.337 e. The van der Waals surface area contributed by atoms with Gasteiger partial charge < -0.3 is 13.8 Å². The van der Waals surface area contributed by atoms with Crippen molar-refractivity contribution in [2.24, 2.45) is 0 Å². The molecule has 2 rings (SSSR count). The van der Waals surface area contributed by atoms with Gasteiger partial charge in [-0.2, -0.15) is 0 Å². The number of esters is 1. The Bertz CT molecular complexity index is 825. The lowest BCUT2D eigenvalue weighted by molar-refractivity contribution is -0.149. The highest BCUT2D eigenvalue weighted by Crippen LogP contribution is 2.47. The molecule has 0 amide bonds. The Morgan fingerprint density at radius 2 is 1.67 bits per heavy atom. The summed E-state index contributed by atoms with van der Waals surface area (Å²) in [7, 11) is -1.19. The number of hydrogen-bond donors (Lipinski definition) is 0. The van der Waals surface area contributed by atoms with Crippen molar-refractivity contribution in [2.75, 3.05) is 20.4 Å². The van der Waals surface area contributed by atoms with Crippen molar-refractivity contribution in [3.05, 3.63) is 71.3 Å². The zero-order valence-corrected chi connectivity index (χ0v) is 16.5. The van der Waals surface area contributed by atoms with Crippen molar-refractivity contribution < 1.29 is 27.9 Å². The van der Waals surface area contributed by atoms with Gasteiger partial charge in [-0.05, 0) is 18.1 Å². The highest BCUT2D eigenvalue weighted by atomic mass is 31.2. The standard InChI is InChI=1S/C20H23O6P/c1-15-8-7-11-17(12-15)19(18(21)14-27(23,24-2)25-3)20(22)26-13-16-9-5-4-6-10-16/h4-12,19H,13-14H2,1-3H3. The predicted molar refractivity (Wildman–Crippen MR) is 102 cm³/mol. The molecule has 6 nitrogen and oxygen atoms in total. The molecule has 0 spiro atoms. The second kappa shape index (κ2) is 9.60. The molecule has 1 unspecified atom stereocenters. The lowest BCUT2D eigenvalue weighted by atomic mass is 9.94. The van der Waals surface area contributed by atoms with Gasteiger partial charge in [0, 0.05) is 14.2 Å². The van der Waals surface area contributed by atoms with Crippen LogP contribution in [0.25, 0.3) is 0 Å². The molecule has 0 aliphatic carbocycles. The molecule has 0 saturated heterocycles. The van der Waals surface area contributed by atoms with Crippen molar-refractivity contribution in [1.82, 2.24) is 0 Å². The Labute approximate surface area is 159 Å². The summed E-state index contributed by atoms with van der Waals surface area (Å²) >= 11 is 0. The van der Waals surface area contributed by atoms with Gasteiger partial charge in [-0.15, -0.1) is 0 Å². The van der Waals surface area contributed by atoms with Gasteiger partial charge in [-0.3, -0.25) is 14.2 Å². The SMILES string of the molecule is COP(=O)(CC(=O)C(C(=O)OCc1ccccc1)c1cccc(C)c1)OC. The number of ketones is 1. The van der Waals surface area contributed by atoms with Gasteiger partial charge in [0.05, 0.1) is 0 Å². The normalized spacial score (nSPS) is 12.4. The molecule has 0 saturated carbocycles. The second-order valence-electron chi connectivity index (χ2n) is 6.04. The van der Waals surface area contributed by atoms with E-state index in [0.717, 1.165) is 11.1 Å². The maximum absolute atomic E-state index is 12.8. The topological polar surface area (TPSA) is 78.9 Å². The molecule has 0 fully saturated rings. The summed E-state index contributed by atoms with van der Waals surface area (Å²) in [5.41, 5.74) is 2.18. The summed E-state index contributed by atoms with van der Waals surface area (Å²) in [6, 6.07) is 16.2. The van der Waals surface area contributed by atoms with Gasteiger partial charge in [0.15, 0.2) is 5.78 Å². The summed E-state index contributed by atoms with van der Waals surface area (Å²) in [6.45, 7) is 1.90. The first-order valence-electron chi connectivity index (χ1n) is 8.39. The van der Waals surface area contributed by atoms with E-state index in [1.54, 1.807) is 18.2 Å². The molecule has 0 N–H and O–H groups in total. The van der Waals surface area contributed by atoms with Crippen LogP contribution in [0.5, 0.6) is 0 Å². The third-order valence-corrected chi connectivity index (χ3v) is 5.87. The average molecular weight is 390 g/mol. The molecule has 0 aromatic heterocycles. The van der Waals surface area contributed by atoms with Gasteiger partial charge >= 0.3 is 13.6 Å². The van der Waals surface area contributed by atoms with Gasteiger partial charge in [0.25, 0.3) is 0 Å². The summed E-state index contributed by atoms with van der Waals surface area (Å²) in [5.74, 6) is -2.48. The van der Waals surface area contributed by atoms with Gasteiger partial charge in [0.2, 0.25) is 0 Å². The smallest absolute Gasteiger partial charge is 0.337 e. The fourth-order valence-corrected chi connectivity index (χ4v) is 3.57. The third-order valence-electron chi connectivity index (χ3n) is 4.06. The van der Waals surface area contributed by atoms with Crippen LogP contribution in [-0.2, 0) is 34.5 Å². The minimum atomic E-state index is -3.60. The Kier molecular flexibility index (Phi) is 7.48. The van der Waals surface area contributed by atoms with E-state index >= 15 is 0 Å². The van der Waals surface area contributed by atoms with Crippen molar-refractivity contribution in [3.63, 3.8) is 0 Å². The number of aryl methyl sites for hydroxylation is 1. The Morgan fingerprint density at radius 3 is 2.26 bits per heavy atom. The van der Waals surface area contributed by atoms with Crippen molar-refractivity contribution in [1.29, 1.82) is 0 Å². The lowest BCUT2D eigenvalue weighted by Crippen LogP contribution is -2.27.